The molecule has 3 aromatic rings. The van der Waals surface area contributed by atoms with Gasteiger partial charge in [0.2, 0.25) is 0 Å². The Labute approximate surface area is 192 Å². The molecule has 3 aromatic carbocycles. The molecule has 0 aliphatic rings. The maximum atomic E-state index is 13.2. The van der Waals surface area contributed by atoms with E-state index in [4.69, 9.17) is 9.47 Å². The summed E-state index contributed by atoms with van der Waals surface area (Å²) in [4.78, 5) is 24.3. The van der Waals surface area contributed by atoms with E-state index in [1.165, 1.54) is 57.7 Å². The molecule has 8 nitrogen and oxygen atoms in total. The Bertz CT molecular complexity index is 1280. The van der Waals surface area contributed by atoms with Crippen molar-refractivity contribution >= 4 is 27.6 Å². The quantitative estimate of drug-likeness (QED) is 0.383. The fraction of sp³-hybridized carbons (Fsp3) is 0.167. The highest BCUT2D eigenvalue weighted by Gasteiger charge is 2.25. The number of nitrogens with zero attached hydrogens (tertiary/aromatic N) is 1. The minimum absolute atomic E-state index is 0.0745. The number of methoxy groups -OCH3 is 2. The van der Waals surface area contributed by atoms with Gasteiger partial charge in [-0.1, -0.05) is 18.2 Å². The van der Waals surface area contributed by atoms with Crippen LogP contribution in [0.4, 0.5) is 5.69 Å². The third kappa shape index (κ3) is 4.98. The Balaban J connectivity index is 1.89. The van der Waals surface area contributed by atoms with E-state index in [2.05, 4.69) is 4.74 Å². The van der Waals surface area contributed by atoms with Crippen LogP contribution in [-0.4, -0.2) is 41.6 Å². The smallest absolute Gasteiger partial charge is 0.343 e. The number of ether oxygens (including phenoxy) is 3. The molecule has 0 atom stereocenters. The van der Waals surface area contributed by atoms with Crippen LogP contribution in [0.3, 0.4) is 0 Å². The fourth-order valence-electron chi connectivity index (χ4n) is 3.10. The zero-order valence-electron chi connectivity index (χ0n) is 18.6. The molecule has 0 aliphatic carbocycles. The molecule has 0 N–H and O–H groups in total. The molecule has 0 amide bonds. The maximum absolute atomic E-state index is 13.2. The van der Waals surface area contributed by atoms with Crippen LogP contribution >= 0.6 is 0 Å². The molecule has 0 unspecified atom stereocenters. The van der Waals surface area contributed by atoms with Gasteiger partial charge < -0.3 is 14.2 Å². The van der Waals surface area contributed by atoms with Crippen molar-refractivity contribution in [3.05, 3.63) is 83.4 Å². The summed E-state index contributed by atoms with van der Waals surface area (Å²) in [5.41, 5.74) is 1.31. The molecular weight excluding hydrogens is 446 g/mol. The molecule has 0 bridgehead atoms. The highest BCUT2D eigenvalue weighted by molar-refractivity contribution is 7.92. The van der Waals surface area contributed by atoms with E-state index in [9.17, 15) is 18.0 Å². The first-order chi connectivity index (χ1) is 15.7. The summed E-state index contributed by atoms with van der Waals surface area (Å²) < 4.78 is 42.9. The molecule has 9 heteroatoms. The van der Waals surface area contributed by atoms with Crippen LogP contribution < -0.4 is 13.8 Å². The number of carbonyl (C=O) groups is 2. The first-order valence-corrected chi connectivity index (χ1v) is 11.3. The number of aryl methyl sites for hydroxylation is 1. The number of rotatable bonds is 7. The largest absolute Gasteiger partial charge is 0.495 e. The Kier molecular flexibility index (Phi) is 7.03. The van der Waals surface area contributed by atoms with Gasteiger partial charge in [0, 0.05) is 7.05 Å². The summed E-state index contributed by atoms with van der Waals surface area (Å²) in [6.07, 6.45) is 0. The van der Waals surface area contributed by atoms with Gasteiger partial charge in [-0.25, -0.2) is 18.0 Å². The number of hydrogen-bond acceptors (Lipinski definition) is 7. The van der Waals surface area contributed by atoms with E-state index in [1.54, 1.807) is 37.3 Å². The van der Waals surface area contributed by atoms with Gasteiger partial charge in [-0.2, -0.15) is 0 Å². The van der Waals surface area contributed by atoms with Crippen molar-refractivity contribution in [3.63, 3.8) is 0 Å². The lowest BCUT2D eigenvalue weighted by atomic mass is 10.1. The molecule has 0 spiro atoms. The normalized spacial score (nSPS) is 10.9. The van der Waals surface area contributed by atoms with Crippen LogP contribution in [0.2, 0.25) is 0 Å². The molecule has 3 rings (SSSR count). The fourth-order valence-corrected chi connectivity index (χ4v) is 4.33. The van der Waals surface area contributed by atoms with Gasteiger partial charge in [-0.15, -0.1) is 0 Å². The first kappa shape index (κ1) is 23.8. The molecule has 0 heterocycles. The van der Waals surface area contributed by atoms with Crippen LogP contribution in [0.5, 0.6) is 11.5 Å². The Morgan fingerprint density at radius 2 is 1.55 bits per heavy atom. The molecule has 0 fully saturated rings. The molecular formula is C24H23NO7S. The SMILES string of the molecule is COC(=O)c1ccc(OC(=O)c2cc(S(=O)(=O)N(C)c3ccccc3OC)ccc2C)cc1. The topological polar surface area (TPSA) is 99.2 Å². The lowest BCUT2D eigenvalue weighted by Gasteiger charge is -2.22. The standard InChI is InChI=1S/C24H23NO7S/c1-16-9-14-19(33(28,29)25(2)21-7-5-6-8-22(21)30-3)15-20(16)24(27)32-18-12-10-17(11-13-18)23(26)31-4/h5-15H,1-4H3. The van der Waals surface area contributed by atoms with Gasteiger partial charge >= 0.3 is 11.9 Å². The van der Waals surface area contributed by atoms with E-state index in [-0.39, 0.29) is 16.2 Å². The van der Waals surface area contributed by atoms with Crippen molar-refractivity contribution in [1.29, 1.82) is 0 Å². The average molecular weight is 470 g/mol. The summed E-state index contributed by atoms with van der Waals surface area (Å²) in [5, 5.41) is 0. The van der Waals surface area contributed by atoms with Gasteiger partial charge in [0.25, 0.3) is 10.0 Å². The number of benzene rings is 3. The first-order valence-electron chi connectivity index (χ1n) is 9.82. The minimum atomic E-state index is -3.99. The molecule has 0 radical (unpaired) electrons. The summed E-state index contributed by atoms with van der Waals surface area (Å²) in [6.45, 7) is 1.68. The van der Waals surface area contributed by atoms with Crippen LogP contribution in [0.15, 0.2) is 71.6 Å². The molecule has 0 saturated carbocycles. The number of esters is 2. The van der Waals surface area contributed by atoms with E-state index in [1.807, 2.05) is 0 Å². The van der Waals surface area contributed by atoms with Crippen molar-refractivity contribution in [2.24, 2.45) is 0 Å². The predicted molar refractivity (Wildman–Crippen MR) is 123 cm³/mol. The summed E-state index contributed by atoms with van der Waals surface area (Å²) in [6, 6.07) is 16.8. The molecule has 0 aromatic heterocycles. The number of hydrogen-bond donors (Lipinski definition) is 0. The number of anilines is 1. The zero-order chi connectivity index (χ0) is 24.2. The van der Waals surface area contributed by atoms with E-state index in [0.717, 1.165) is 4.31 Å². The minimum Gasteiger partial charge on any atom is -0.495 e. The third-order valence-corrected chi connectivity index (χ3v) is 6.77. The predicted octanol–water partition coefficient (Wildman–Crippen LogP) is 3.83. The highest BCUT2D eigenvalue weighted by atomic mass is 32.2. The Morgan fingerprint density at radius 3 is 2.18 bits per heavy atom. The van der Waals surface area contributed by atoms with Crippen molar-refractivity contribution in [2.75, 3.05) is 25.6 Å². The second-order valence-corrected chi connectivity index (χ2v) is 9.00. The second kappa shape index (κ2) is 9.74. The molecule has 172 valence electrons. The highest BCUT2D eigenvalue weighted by Crippen LogP contribution is 2.31. The van der Waals surface area contributed by atoms with E-state index < -0.39 is 22.0 Å². The van der Waals surface area contributed by atoms with Crippen LogP contribution in [0.1, 0.15) is 26.3 Å². The maximum Gasteiger partial charge on any atom is 0.343 e. The van der Waals surface area contributed by atoms with Crippen LogP contribution in [0, 0.1) is 6.92 Å². The van der Waals surface area contributed by atoms with Gasteiger partial charge in [-0.3, -0.25) is 4.31 Å². The van der Waals surface area contributed by atoms with Crippen molar-refractivity contribution in [2.45, 2.75) is 11.8 Å². The average Bonchev–Trinajstić information content (AvgIpc) is 2.83. The lowest BCUT2D eigenvalue weighted by Crippen LogP contribution is -2.27. The van der Waals surface area contributed by atoms with Gasteiger partial charge in [0.05, 0.1) is 35.9 Å². The van der Waals surface area contributed by atoms with Gasteiger partial charge in [0.1, 0.15) is 11.5 Å². The third-order valence-electron chi connectivity index (χ3n) is 5.00. The van der Waals surface area contributed by atoms with E-state index >= 15 is 0 Å². The second-order valence-electron chi connectivity index (χ2n) is 7.03. The summed E-state index contributed by atoms with van der Waals surface area (Å²) in [5.74, 6) is -0.645. The van der Waals surface area contributed by atoms with Crippen molar-refractivity contribution in [1.82, 2.24) is 0 Å². The summed E-state index contributed by atoms with van der Waals surface area (Å²) >= 11 is 0. The number of carbonyl (C=O) groups excluding carboxylic acids is 2. The number of para-hydroxylation sites is 2. The van der Waals surface area contributed by atoms with Crippen LogP contribution in [0.25, 0.3) is 0 Å². The van der Waals surface area contributed by atoms with Crippen molar-refractivity contribution in [3.8, 4) is 11.5 Å². The zero-order valence-corrected chi connectivity index (χ0v) is 19.4. The molecule has 33 heavy (non-hydrogen) atoms. The Morgan fingerprint density at radius 1 is 0.879 bits per heavy atom. The van der Waals surface area contributed by atoms with Gasteiger partial charge in [-0.05, 0) is 61.0 Å². The lowest BCUT2D eigenvalue weighted by molar-refractivity contribution is 0.0600. The Hall–Kier alpha value is -3.85. The van der Waals surface area contributed by atoms with Gasteiger partial charge in [0.15, 0.2) is 0 Å². The summed E-state index contributed by atoms with van der Waals surface area (Å²) in [7, 11) is 0.141. The van der Waals surface area contributed by atoms with E-state index in [0.29, 0.717) is 22.6 Å². The monoisotopic (exact) mass is 469 g/mol. The number of sulfonamides is 1. The molecule has 0 saturated heterocycles. The van der Waals surface area contributed by atoms with Crippen LogP contribution in [-0.2, 0) is 14.8 Å². The molecule has 0 aliphatic heterocycles. The van der Waals surface area contributed by atoms with Crippen molar-refractivity contribution < 1.29 is 32.2 Å².